The maximum atomic E-state index is 12.6. The highest BCUT2D eigenvalue weighted by molar-refractivity contribution is 6.30. The molecule has 0 aliphatic carbocycles. The fourth-order valence-electron chi connectivity index (χ4n) is 3.04. The molecule has 27 heavy (non-hydrogen) atoms. The quantitative estimate of drug-likeness (QED) is 0.666. The summed E-state index contributed by atoms with van der Waals surface area (Å²) in [6.07, 6.45) is 3.49. The summed E-state index contributed by atoms with van der Waals surface area (Å²) in [5, 5.41) is 14.7. The van der Waals surface area contributed by atoms with E-state index in [9.17, 15) is 9.59 Å². The molecule has 0 saturated carbocycles. The molecule has 3 rings (SSSR count). The van der Waals surface area contributed by atoms with Crippen LogP contribution in [0, 0.1) is 0 Å². The summed E-state index contributed by atoms with van der Waals surface area (Å²) in [4.78, 5) is 24.0. The van der Waals surface area contributed by atoms with E-state index in [0.29, 0.717) is 10.6 Å². The molecule has 10 heteroatoms. The van der Waals surface area contributed by atoms with Crippen LogP contribution in [-0.2, 0) is 4.79 Å². The minimum atomic E-state index is -0.581. The van der Waals surface area contributed by atoms with Gasteiger partial charge in [0.2, 0.25) is 5.91 Å². The fourth-order valence-corrected chi connectivity index (χ4v) is 3.24. The lowest BCUT2D eigenvalue weighted by Crippen LogP contribution is -2.32. The topological polar surface area (TPSA) is 115 Å². The van der Waals surface area contributed by atoms with Crippen LogP contribution in [0.15, 0.2) is 30.5 Å². The first-order chi connectivity index (χ1) is 12.5. The first-order valence-electron chi connectivity index (χ1n) is 8.50. The molecule has 146 valence electrons. The lowest BCUT2D eigenvalue weighted by atomic mass is 10.0. The molecule has 1 saturated heterocycles. The number of piperidine rings is 1. The molecule has 0 unspecified atom stereocenters. The zero-order chi connectivity index (χ0) is 18.5. The van der Waals surface area contributed by atoms with E-state index in [1.807, 2.05) is 0 Å². The number of benzene rings is 1. The van der Waals surface area contributed by atoms with Crippen molar-refractivity contribution >= 4 is 35.8 Å². The molecule has 0 radical (unpaired) electrons. The third kappa shape index (κ3) is 5.66. The van der Waals surface area contributed by atoms with Crippen molar-refractivity contribution in [2.45, 2.75) is 31.3 Å². The number of aromatic nitrogens is 3. The van der Waals surface area contributed by atoms with Gasteiger partial charge in [-0.15, -0.1) is 17.5 Å². The van der Waals surface area contributed by atoms with Crippen LogP contribution in [0.25, 0.3) is 0 Å². The molecular weight excluding hydrogens is 391 g/mol. The van der Waals surface area contributed by atoms with Crippen molar-refractivity contribution in [1.82, 2.24) is 25.6 Å². The molecule has 2 aromatic rings. The molecule has 1 aromatic heterocycles. The Balaban J connectivity index is 0.00000261. The van der Waals surface area contributed by atoms with Gasteiger partial charge in [0, 0.05) is 5.02 Å². The van der Waals surface area contributed by atoms with Gasteiger partial charge < -0.3 is 16.4 Å². The number of rotatable bonds is 6. The van der Waals surface area contributed by atoms with E-state index in [4.69, 9.17) is 17.3 Å². The highest BCUT2D eigenvalue weighted by atomic mass is 35.5. The molecule has 0 spiro atoms. The molecule has 2 amide bonds. The fraction of sp³-hybridized carbons (Fsp3) is 0.412. The van der Waals surface area contributed by atoms with Gasteiger partial charge in [0.05, 0.1) is 24.7 Å². The lowest BCUT2D eigenvalue weighted by molar-refractivity contribution is -0.118. The Bertz CT molecular complexity index is 791. The number of amides is 2. The number of carbonyl (C=O) groups excluding carboxylic acids is 2. The average molecular weight is 413 g/mol. The van der Waals surface area contributed by atoms with Crippen molar-refractivity contribution in [3.8, 4) is 0 Å². The smallest absolute Gasteiger partial charge is 0.273 e. The third-order valence-electron chi connectivity index (χ3n) is 4.39. The molecule has 1 aliphatic heterocycles. The van der Waals surface area contributed by atoms with Gasteiger partial charge in [0.15, 0.2) is 5.69 Å². The van der Waals surface area contributed by atoms with Gasteiger partial charge in [-0.3, -0.25) is 9.59 Å². The van der Waals surface area contributed by atoms with Crippen molar-refractivity contribution < 1.29 is 9.59 Å². The van der Waals surface area contributed by atoms with Crippen LogP contribution in [0.5, 0.6) is 0 Å². The van der Waals surface area contributed by atoms with Crippen molar-refractivity contribution in [2.24, 2.45) is 5.73 Å². The Morgan fingerprint density at radius 2 is 2.11 bits per heavy atom. The van der Waals surface area contributed by atoms with Crippen molar-refractivity contribution in [3.05, 3.63) is 46.7 Å². The Kier molecular flexibility index (Phi) is 7.58. The van der Waals surface area contributed by atoms with Crippen LogP contribution >= 0.6 is 24.0 Å². The first-order valence-corrected chi connectivity index (χ1v) is 8.88. The average Bonchev–Trinajstić information content (AvgIpc) is 3.12. The Morgan fingerprint density at radius 3 is 2.78 bits per heavy atom. The van der Waals surface area contributed by atoms with Crippen LogP contribution in [0.1, 0.15) is 47.4 Å². The number of nitrogens with zero attached hydrogens (tertiary/aromatic N) is 3. The zero-order valence-electron chi connectivity index (χ0n) is 14.6. The molecule has 4 N–H and O–H groups in total. The normalized spacial score (nSPS) is 15.6. The van der Waals surface area contributed by atoms with E-state index < -0.39 is 17.9 Å². The van der Waals surface area contributed by atoms with Crippen molar-refractivity contribution in [3.63, 3.8) is 0 Å². The molecule has 1 aromatic carbocycles. The molecule has 8 nitrogen and oxygen atoms in total. The van der Waals surface area contributed by atoms with E-state index in [1.54, 1.807) is 35.1 Å². The second-order valence-corrected chi connectivity index (χ2v) is 6.75. The predicted octanol–water partition coefficient (Wildman–Crippen LogP) is 1.62. The number of primary amides is 1. The van der Waals surface area contributed by atoms with E-state index in [-0.39, 0.29) is 30.6 Å². The van der Waals surface area contributed by atoms with Crippen molar-refractivity contribution in [1.29, 1.82) is 0 Å². The summed E-state index contributed by atoms with van der Waals surface area (Å²) in [5.41, 5.74) is 6.24. The van der Waals surface area contributed by atoms with Gasteiger partial charge in [-0.1, -0.05) is 28.9 Å². The summed E-state index contributed by atoms with van der Waals surface area (Å²) < 4.78 is 1.73. The standard InChI is InChI=1S/C17H21ClN6O2.ClH/c18-12-3-1-2-11(8-12)14(9-16(19)25)21-17(26)15-10-24(23-22-15)13-4-6-20-7-5-13;/h1-3,8,10,13-14,20H,4-7,9H2,(H2,19,25)(H,21,26);1H/t14-;/m1./s1. The van der Waals surface area contributed by atoms with Gasteiger partial charge >= 0.3 is 0 Å². The van der Waals surface area contributed by atoms with Gasteiger partial charge in [-0.2, -0.15) is 0 Å². The highest BCUT2D eigenvalue weighted by Gasteiger charge is 2.22. The number of hydrogen-bond donors (Lipinski definition) is 3. The van der Waals surface area contributed by atoms with E-state index in [0.717, 1.165) is 25.9 Å². The van der Waals surface area contributed by atoms with Crippen LogP contribution in [0.3, 0.4) is 0 Å². The molecule has 2 heterocycles. The third-order valence-corrected chi connectivity index (χ3v) is 4.62. The van der Waals surface area contributed by atoms with Gasteiger partial charge in [0.25, 0.3) is 5.91 Å². The second kappa shape index (κ2) is 9.68. The minimum absolute atomic E-state index is 0. The minimum Gasteiger partial charge on any atom is -0.370 e. The summed E-state index contributed by atoms with van der Waals surface area (Å²) in [6.45, 7) is 1.84. The molecular formula is C17H22Cl2N6O2. The summed E-state index contributed by atoms with van der Waals surface area (Å²) in [5.74, 6) is -0.926. The summed E-state index contributed by atoms with van der Waals surface area (Å²) in [6, 6.07) is 6.61. The molecule has 1 aliphatic rings. The number of carbonyl (C=O) groups is 2. The maximum Gasteiger partial charge on any atom is 0.273 e. The van der Waals surface area contributed by atoms with Gasteiger partial charge in [0.1, 0.15) is 0 Å². The first kappa shape index (κ1) is 21.1. The van der Waals surface area contributed by atoms with Crippen LogP contribution in [0.4, 0.5) is 0 Å². The second-order valence-electron chi connectivity index (χ2n) is 6.32. The van der Waals surface area contributed by atoms with Gasteiger partial charge in [-0.05, 0) is 43.6 Å². The highest BCUT2D eigenvalue weighted by Crippen LogP contribution is 2.21. The SMILES string of the molecule is Cl.NC(=O)C[C@@H](NC(=O)c1cn(C2CCNCC2)nn1)c1cccc(Cl)c1. The van der Waals surface area contributed by atoms with E-state index in [1.165, 1.54) is 0 Å². The van der Waals surface area contributed by atoms with E-state index in [2.05, 4.69) is 20.9 Å². The van der Waals surface area contributed by atoms with Crippen LogP contribution in [0.2, 0.25) is 5.02 Å². The number of hydrogen-bond acceptors (Lipinski definition) is 5. The lowest BCUT2D eigenvalue weighted by Gasteiger charge is -2.22. The molecule has 0 bridgehead atoms. The number of nitrogens with one attached hydrogen (secondary N) is 2. The number of nitrogens with two attached hydrogens (primary N) is 1. The van der Waals surface area contributed by atoms with Crippen LogP contribution in [-0.4, -0.2) is 39.9 Å². The maximum absolute atomic E-state index is 12.6. The Hall–Kier alpha value is -2.16. The van der Waals surface area contributed by atoms with E-state index >= 15 is 0 Å². The zero-order valence-corrected chi connectivity index (χ0v) is 16.2. The van der Waals surface area contributed by atoms with Crippen molar-refractivity contribution in [2.75, 3.05) is 13.1 Å². The Labute approximate surface area is 168 Å². The largest absolute Gasteiger partial charge is 0.370 e. The molecule has 1 fully saturated rings. The van der Waals surface area contributed by atoms with Gasteiger partial charge in [-0.25, -0.2) is 4.68 Å². The van der Waals surface area contributed by atoms with Crippen LogP contribution < -0.4 is 16.4 Å². The molecule has 1 atom stereocenters. The monoisotopic (exact) mass is 412 g/mol. The predicted molar refractivity (Wildman–Crippen MR) is 104 cm³/mol. The number of halogens is 2. The Morgan fingerprint density at radius 1 is 1.37 bits per heavy atom. The summed E-state index contributed by atoms with van der Waals surface area (Å²) in [7, 11) is 0. The summed E-state index contributed by atoms with van der Waals surface area (Å²) >= 11 is 6.01.